The Balaban J connectivity index is 1.49. The van der Waals surface area contributed by atoms with Crippen molar-refractivity contribution in [1.82, 2.24) is 10.3 Å². The number of aromatic nitrogens is 1. The molecule has 1 aromatic heterocycles. The Labute approximate surface area is 188 Å². The SMILES string of the molecule is O=C(NCC(F)c1ccc(Cl)cc1Cl)c1c(F)cncc1Oc1cccc(C2CC2)c1. The number of hydrogen-bond donors (Lipinski definition) is 1. The minimum Gasteiger partial charge on any atom is -0.455 e. The van der Waals surface area contributed by atoms with E-state index < -0.39 is 24.4 Å². The highest BCUT2D eigenvalue weighted by molar-refractivity contribution is 6.35. The average Bonchev–Trinajstić information content (AvgIpc) is 3.58. The number of hydrogen-bond acceptors (Lipinski definition) is 3. The van der Waals surface area contributed by atoms with E-state index in [9.17, 15) is 13.6 Å². The molecule has 31 heavy (non-hydrogen) atoms. The summed E-state index contributed by atoms with van der Waals surface area (Å²) >= 11 is 11.8. The van der Waals surface area contributed by atoms with Crippen LogP contribution in [0.1, 0.15) is 46.4 Å². The molecule has 1 heterocycles. The number of ether oxygens (including phenoxy) is 1. The number of amides is 1. The largest absolute Gasteiger partial charge is 0.455 e. The van der Waals surface area contributed by atoms with Gasteiger partial charge in [0.05, 0.1) is 18.9 Å². The molecule has 0 bridgehead atoms. The molecule has 4 rings (SSSR count). The van der Waals surface area contributed by atoms with E-state index in [0.29, 0.717) is 16.7 Å². The minimum absolute atomic E-state index is 0.0506. The normalized spacial score (nSPS) is 14.2. The highest BCUT2D eigenvalue weighted by Crippen LogP contribution is 2.41. The van der Waals surface area contributed by atoms with Crippen LogP contribution in [0.4, 0.5) is 8.78 Å². The Kier molecular flexibility index (Phi) is 6.39. The third kappa shape index (κ3) is 5.14. The highest BCUT2D eigenvalue weighted by atomic mass is 35.5. The zero-order valence-electron chi connectivity index (χ0n) is 16.2. The Morgan fingerprint density at radius 3 is 2.74 bits per heavy atom. The van der Waals surface area contributed by atoms with Crippen LogP contribution in [0.3, 0.4) is 0 Å². The monoisotopic (exact) mass is 462 g/mol. The third-order valence-corrected chi connectivity index (χ3v) is 5.53. The van der Waals surface area contributed by atoms with Gasteiger partial charge in [-0.05, 0) is 48.6 Å². The van der Waals surface area contributed by atoms with E-state index in [1.54, 1.807) is 6.07 Å². The fourth-order valence-corrected chi connectivity index (χ4v) is 3.75. The van der Waals surface area contributed by atoms with E-state index in [1.807, 2.05) is 18.2 Å². The van der Waals surface area contributed by atoms with E-state index in [0.717, 1.165) is 24.6 Å². The van der Waals surface area contributed by atoms with Gasteiger partial charge in [-0.15, -0.1) is 0 Å². The molecule has 4 nitrogen and oxygen atoms in total. The number of carbonyl (C=O) groups excluding carboxylic acids is 1. The van der Waals surface area contributed by atoms with Gasteiger partial charge in [-0.3, -0.25) is 9.78 Å². The van der Waals surface area contributed by atoms with Gasteiger partial charge in [0.2, 0.25) is 0 Å². The molecular formula is C23H18Cl2F2N2O2. The zero-order chi connectivity index (χ0) is 22.0. The molecule has 0 aliphatic heterocycles. The van der Waals surface area contributed by atoms with Gasteiger partial charge < -0.3 is 10.1 Å². The first-order valence-electron chi connectivity index (χ1n) is 9.71. The number of nitrogens with zero attached hydrogens (tertiary/aromatic N) is 1. The third-order valence-electron chi connectivity index (χ3n) is 4.97. The van der Waals surface area contributed by atoms with Crippen molar-refractivity contribution < 1.29 is 18.3 Å². The molecule has 1 fully saturated rings. The quantitative estimate of drug-likeness (QED) is 0.428. The maximum Gasteiger partial charge on any atom is 0.258 e. The van der Waals surface area contributed by atoms with Crippen LogP contribution in [0, 0.1) is 5.82 Å². The van der Waals surface area contributed by atoms with Crippen molar-refractivity contribution in [3.8, 4) is 11.5 Å². The molecule has 1 atom stereocenters. The fourth-order valence-electron chi connectivity index (χ4n) is 3.23. The number of pyridine rings is 1. The summed E-state index contributed by atoms with van der Waals surface area (Å²) in [7, 11) is 0. The van der Waals surface area contributed by atoms with Crippen LogP contribution in [-0.4, -0.2) is 17.4 Å². The second-order valence-electron chi connectivity index (χ2n) is 7.29. The summed E-state index contributed by atoms with van der Waals surface area (Å²) in [6.07, 6.45) is 2.82. The van der Waals surface area contributed by atoms with Crippen molar-refractivity contribution in [2.75, 3.05) is 6.54 Å². The van der Waals surface area contributed by atoms with Gasteiger partial charge in [0.25, 0.3) is 5.91 Å². The van der Waals surface area contributed by atoms with Crippen LogP contribution in [0.25, 0.3) is 0 Å². The van der Waals surface area contributed by atoms with Crippen molar-refractivity contribution in [3.05, 3.63) is 87.4 Å². The van der Waals surface area contributed by atoms with Crippen molar-refractivity contribution in [2.24, 2.45) is 0 Å². The van der Waals surface area contributed by atoms with Crippen molar-refractivity contribution >= 4 is 29.1 Å². The van der Waals surface area contributed by atoms with E-state index >= 15 is 0 Å². The molecule has 1 amide bonds. The van der Waals surface area contributed by atoms with Crippen LogP contribution >= 0.6 is 23.2 Å². The van der Waals surface area contributed by atoms with Crippen LogP contribution < -0.4 is 10.1 Å². The van der Waals surface area contributed by atoms with Gasteiger partial charge in [-0.1, -0.05) is 41.4 Å². The predicted molar refractivity (Wildman–Crippen MR) is 115 cm³/mol. The maximum atomic E-state index is 14.6. The molecule has 160 valence electrons. The van der Waals surface area contributed by atoms with Gasteiger partial charge in [-0.2, -0.15) is 0 Å². The molecule has 1 N–H and O–H groups in total. The number of nitrogens with one attached hydrogen (secondary N) is 1. The standard InChI is InChI=1S/C23H18Cl2F2N2O2/c24-15-6-7-17(18(25)9-15)19(26)11-29-23(30)22-20(27)10-28-12-21(22)31-16-3-1-2-14(8-16)13-4-5-13/h1-3,6-10,12-13,19H,4-5,11H2,(H,29,30). The Morgan fingerprint density at radius 1 is 1.19 bits per heavy atom. The first-order chi connectivity index (χ1) is 14.9. The second kappa shape index (κ2) is 9.20. The lowest BCUT2D eigenvalue weighted by Gasteiger charge is -2.14. The van der Waals surface area contributed by atoms with E-state index in [-0.39, 0.29) is 21.9 Å². The summed E-state index contributed by atoms with van der Waals surface area (Å²) in [6, 6.07) is 11.8. The number of carbonyl (C=O) groups is 1. The lowest BCUT2D eigenvalue weighted by Crippen LogP contribution is -2.28. The Morgan fingerprint density at radius 2 is 2.00 bits per heavy atom. The minimum atomic E-state index is -1.60. The molecule has 0 saturated heterocycles. The average molecular weight is 463 g/mol. The number of alkyl halides is 1. The predicted octanol–water partition coefficient (Wildman–Crippen LogP) is 6.64. The zero-order valence-corrected chi connectivity index (χ0v) is 17.8. The van der Waals surface area contributed by atoms with Gasteiger partial charge in [0.15, 0.2) is 11.6 Å². The van der Waals surface area contributed by atoms with Crippen molar-refractivity contribution in [1.29, 1.82) is 0 Å². The summed E-state index contributed by atoms with van der Waals surface area (Å²) in [5.41, 5.74) is 0.962. The first kappa shape index (κ1) is 21.5. The van der Waals surface area contributed by atoms with Crippen molar-refractivity contribution in [3.63, 3.8) is 0 Å². The highest BCUT2D eigenvalue weighted by Gasteiger charge is 2.25. The van der Waals surface area contributed by atoms with Gasteiger partial charge in [0, 0.05) is 15.6 Å². The second-order valence-corrected chi connectivity index (χ2v) is 8.13. The van der Waals surface area contributed by atoms with E-state index in [1.165, 1.54) is 24.4 Å². The first-order valence-corrected chi connectivity index (χ1v) is 10.5. The van der Waals surface area contributed by atoms with Gasteiger partial charge in [-0.25, -0.2) is 8.78 Å². The molecule has 2 aromatic carbocycles. The number of halogens is 4. The molecule has 0 radical (unpaired) electrons. The van der Waals surface area contributed by atoms with Crippen molar-refractivity contribution in [2.45, 2.75) is 24.9 Å². The summed E-state index contributed by atoms with van der Waals surface area (Å²) in [4.78, 5) is 16.4. The van der Waals surface area contributed by atoms with Gasteiger partial charge >= 0.3 is 0 Å². The number of benzene rings is 2. The molecule has 1 aliphatic carbocycles. The summed E-state index contributed by atoms with van der Waals surface area (Å²) < 4.78 is 34.8. The molecule has 3 aromatic rings. The lowest BCUT2D eigenvalue weighted by molar-refractivity contribution is 0.0935. The summed E-state index contributed by atoms with van der Waals surface area (Å²) in [6.45, 7) is -0.404. The molecule has 0 spiro atoms. The topological polar surface area (TPSA) is 51.2 Å². The molecule has 1 saturated carbocycles. The van der Waals surface area contributed by atoms with Crippen LogP contribution in [-0.2, 0) is 0 Å². The molecule has 1 unspecified atom stereocenters. The molecule has 8 heteroatoms. The summed E-state index contributed by atoms with van der Waals surface area (Å²) in [5.74, 6) is -0.750. The van der Waals surface area contributed by atoms with E-state index in [4.69, 9.17) is 27.9 Å². The Hall–Kier alpha value is -2.70. The van der Waals surface area contributed by atoms with Gasteiger partial charge in [0.1, 0.15) is 17.5 Å². The van der Waals surface area contributed by atoms with Crippen LogP contribution in [0.2, 0.25) is 10.0 Å². The smallest absolute Gasteiger partial charge is 0.258 e. The fraction of sp³-hybridized carbons (Fsp3) is 0.217. The summed E-state index contributed by atoms with van der Waals surface area (Å²) in [5, 5.41) is 2.91. The van der Waals surface area contributed by atoms with Crippen LogP contribution in [0.5, 0.6) is 11.5 Å². The number of rotatable bonds is 7. The Bertz CT molecular complexity index is 1120. The van der Waals surface area contributed by atoms with Crippen LogP contribution in [0.15, 0.2) is 54.9 Å². The lowest BCUT2D eigenvalue weighted by atomic mass is 10.1. The maximum absolute atomic E-state index is 14.6. The van der Waals surface area contributed by atoms with E-state index in [2.05, 4.69) is 10.3 Å². The molecular weight excluding hydrogens is 445 g/mol. The molecule has 1 aliphatic rings.